The van der Waals surface area contributed by atoms with E-state index >= 15 is 0 Å². The number of anilines is 3. The lowest BCUT2D eigenvalue weighted by Gasteiger charge is -2.18. The van der Waals surface area contributed by atoms with Crippen LogP contribution in [-0.2, 0) is 0 Å². The minimum absolute atomic E-state index is 1.08. The Morgan fingerprint density at radius 2 is 1.11 bits per heavy atom. The van der Waals surface area contributed by atoms with Crippen molar-refractivity contribution < 1.29 is 0 Å². The third-order valence-corrected chi connectivity index (χ3v) is 4.85. The predicted molar refractivity (Wildman–Crippen MR) is 121 cm³/mol. The van der Waals surface area contributed by atoms with Crippen molar-refractivity contribution in [2.24, 2.45) is 0 Å². The number of nitrogens with one attached hydrogen (secondary N) is 1. The summed E-state index contributed by atoms with van der Waals surface area (Å²) in [6, 6.07) is 36.1. The molecule has 28 heavy (non-hydrogen) atoms. The van der Waals surface area contributed by atoms with Crippen molar-refractivity contribution in [2.75, 3.05) is 24.3 Å². The topological polar surface area (TPSA) is 15.3 Å². The van der Waals surface area contributed by atoms with Crippen molar-refractivity contribution >= 4 is 17.1 Å². The number of rotatable bonds is 5. The van der Waals surface area contributed by atoms with Crippen LogP contribution in [0.3, 0.4) is 0 Å². The van der Waals surface area contributed by atoms with Crippen LogP contribution < -0.4 is 10.2 Å². The Kier molecular flexibility index (Phi) is 5.11. The van der Waals surface area contributed by atoms with Crippen LogP contribution in [0.4, 0.5) is 17.1 Å². The van der Waals surface area contributed by atoms with Crippen LogP contribution in [0.5, 0.6) is 0 Å². The smallest absolute Gasteiger partial charge is 0.0621 e. The summed E-state index contributed by atoms with van der Waals surface area (Å²) in [6.07, 6.45) is 0. The largest absolute Gasteiger partial charge is 0.376 e. The average molecular weight is 364 g/mol. The zero-order chi connectivity index (χ0) is 19.3. The van der Waals surface area contributed by atoms with Gasteiger partial charge in [0.05, 0.1) is 11.4 Å². The Bertz CT molecular complexity index is 1050. The van der Waals surface area contributed by atoms with Crippen LogP contribution in [0.2, 0.25) is 0 Å². The summed E-state index contributed by atoms with van der Waals surface area (Å²) in [5.41, 5.74) is 8.24. The molecule has 2 nitrogen and oxygen atoms in total. The number of benzene rings is 4. The van der Waals surface area contributed by atoms with E-state index in [1.54, 1.807) is 0 Å². The van der Waals surface area contributed by atoms with Gasteiger partial charge in [-0.05, 0) is 46.5 Å². The van der Waals surface area contributed by atoms with Crippen LogP contribution in [0, 0.1) is 0 Å². The Labute approximate surface area is 167 Å². The fraction of sp³-hybridized carbons (Fsp3) is 0.0769. The molecule has 4 rings (SSSR count). The van der Waals surface area contributed by atoms with Crippen molar-refractivity contribution in [3.8, 4) is 22.3 Å². The van der Waals surface area contributed by atoms with Crippen LogP contribution >= 0.6 is 0 Å². The molecule has 0 spiro atoms. The Balaban J connectivity index is 1.59. The molecule has 0 atom stereocenters. The molecule has 0 unspecified atom stereocenters. The van der Waals surface area contributed by atoms with Gasteiger partial charge in [0, 0.05) is 19.8 Å². The lowest BCUT2D eigenvalue weighted by Crippen LogP contribution is -2.10. The number of hydrogen-bond acceptors (Lipinski definition) is 2. The highest BCUT2D eigenvalue weighted by molar-refractivity contribution is 5.78. The molecule has 0 aliphatic carbocycles. The summed E-state index contributed by atoms with van der Waals surface area (Å²) in [5, 5.41) is 3.56. The molecule has 0 saturated carbocycles. The summed E-state index contributed by atoms with van der Waals surface area (Å²) in [7, 11) is 4.12. The summed E-state index contributed by atoms with van der Waals surface area (Å²) in [4.78, 5) is 2.12. The van der Waals surface area contributed by atoms with Crippen molar-refractivity contribution in [1.82, 2.24) is 0 Å². The first-order valence-electron chi connectivity index (χ1n) is 9.50. The molecular weight excluding hydrogens is 340 g/mol. The molecule has 4 aromatic rings. The Hall–Kier alpha value is -3.52. The molecule has 0 amide bonds. The SMILES string of the molecule is CN(C)c1ccccc1Nc1cccc(-c2ccc(-c3ccccc3)cc2)c1. The maximum atomic E-state index is 3.56. The van der Waals surface area contributed by atoms with E-state index in [2.05, 4.69) is 121 Å². The normalized spacial score (nSPS) is 10.5. The zero-order valence-electron chi connectivity index (χ0n) is 16.3. The highest BCUT2D eigenvalue weighted by Gasteiger charge is 2.05. The molecule has 0 heterocycles. The molecule has 0 radical (unpaired) electrons. The maximum absolute atomic E-state index is 3.56. The van der Waals surface area contributed by atoms with Gasteiger partial charge in [-0.3, -0.25) is 0 Å². The van der Waals surface area contributed by atoms with E-state index in [0.717, 1.165) is 11.4 Å². The number of para-hydroxylation sites is 2. The third kappa shape index (κ3) is 3.91. The number of hydrogen-bond donors (Lipinski definition) is 1. The van der Waals surface area contributed by atoms with E-state index < -0.39 is 0 Å². The van der Waals surface area contributed by atoms with Crippen molar-refractivity contribution in [2.45, 2.75) is 0 Å². The van der Waals surface area contributed by atoms with E-state index in [0.29, 0.717) is 0 Å². The minimum atomic E-state index is 1.08. The molecule has 0 saturated heterocycles. The Morgan fingerprint density at radius 3 is 1.82 bits per heavy atom. The summed E-state index contributed by atoms with van der Waals surface area (Å²) in [5.74, 6) is 0. The van der Waals surface area contributed by atoms with Gasteiger partial charge < -0.3 is 10.2 Å². The minimum Gasteiger partial charge on any atom is -0.376 e. The third-order valence-electron chi connectivity index (χ3n) is 4.85. The van der Waals surface area contributed by atoms with E-state index in [1.807, 2.05) is 6.07 Å². The van der Waals surface area contributed by atoms with E-state index in [-0.39, 0.29) is 0 Å². The first-order chi connectivity index (χ1) is 13.7. The second-order valence-electron chi connectivity index (χ2n) is 7.06. The zero-order valence-corrected chi connectivity index (χ0v) is 16.3. The van der Waals surface area contributed by atoms with Crippen LogP contribution in [-0.4, -0.2) is 14.1 Å². The maximum Gasteiger partial charge on any atom is 0.0621 e. The highest BCUT2D eigenvalue weighted by atomic mass is 15.1. The molecule has 0 fully saturated rings. The molecular formula is C26H24N2. The van der Waals surface area contributed by atoms with E-state index in [1.165, 1.54) is 27.9 Å². The average Bonchev–Trinajstić information content (AvgIpc) is 2.75. The van der Waals surface area contributed by atoms with E-state index in [9.17, 15) is 0 Å². The monoisotopic (exact) mass is 364 g/mol. The quantitative estimate of drug-likeness (QED) is 0.417. The molecule has 4 aromatic carbocycles. The van der Waals surface area contributed by atoms with Gasteiger partial charge in [0.1, 0.15) is 0 Å². The molecule has 0 aliphatic heterocycles. The van der Waals surface area contributed by atoms with Crippen molar-refractivity contribution in [3.05, 3.63) is 103 Å². The predicted octanol–water partition coefficient (Wildman–Crippen LogP) is 6.83. The van der Waals surface area contributed by atoms with Gasteiger partial charge in [-0.2, -0.15) is 0 Å². The highest BCUT2D eigenvalue weighted by Crippen LogP contribution is 2.30. The summed E-state index contributed by atoms with van der Waals surface area (Å²) < 4.78 is 0. The van der Waals surface area contributed by atoms with Gasteiger partial charge in [0.25, 0.3) is 0 Å². The molecule has 1 N–H and O–H groups in total. The van der Waals surface area contributed by atoms with Crippen LogP contribution in [0.15, 0.2) is 103 Å². The van der Waals surface area contributed by atoms with Crippen molar-refractivity contribution in [3.63, 3.8) is 0 Å². The van der Waals surface area contributed by atoms with Gasteiger partial charge in [0.15, 0.2) is 0 Å². The molecule has 0 bridgehead atoms. The van der Waals surface area contributed by atoms with E-state index in [4.69, 9.17) is 0 Å². The molecule has 0 aromatic heterocycles. The van der Waals surface area contributed by atoms with Crippen molar-refractivity contribution in [1.29, 1.82) is 0 Å². The first-order valence-corrected chi connectivity index (χ1v) is 9.50. The number of nitrogens with zero attached hydrogens (tertiary/aromatic N) is 1. The fourth-order valence-electron chi connectivity index (χ4n) is 3.39. The van der Waals surface area contributed by atoms with Crippen LogP contribution in [0.1, 0.15) is 0 Å². The first kappa shape index (κ1) is 17.9. The standard InChI is InChI=1S/C26H24N2/c1-28(2)26-14-7-6-13-25(26)27-24-12-8-11-23(19-24)22-17-15-21(16-18-22)20-9-4-3-5-10-20/h3-19,27H,1-2H3. The second kappa shape index (κ2) is 8.01. The van der Waals surface area contributed by atoms with Gasteiger partial charge in [-0.1, -0.05) is 78.9 Å². The van der Waals surface area contributed by atoms with Gasteiger partial charge in [-0.25, -0.2) is 0 Å². The lowest BCUT2D eigenvalue weighted by molar-refractivity contribution is 1.13. The Morgan fingerprint density at radius 1 is 0.536 bits per heavy atom. The van der Waals surface area contributed by atoms with Crippen LogP contribution in [0.25, 0.3) is 22.3 Å². The van der Waals surface area contributed by atoms with Gasteiger partial charge >= 0.3 is 0 Å². The molecule has 138 valence electrons. The summed E-state index contributed by atoms with van der Waals surface area (Å²) >= 11 is 0. The molecule has 0 aliphatic rings. The second-order valence-corrected chi connectivity index (χ2v) is 7.06. The summed E-state index contributed by atoms with van der Waals surface area (Å²) in [6.45, 7) is 0. The molecule has 2 heteroatoms. The van der Waals surface area contributed by atoms with Gasteiger partial charge in [0.2, 0.25) is 0 Å². The lowest BCUT2D eigenvalue weighted by atomic mass is 10.00. The van der Waals surface area contributed by atoms with Gasteiger partial charge in [-0.15, -0.1) is 0 Å². The fourth-order valence-corrected chi connectivity index (χ4v) is 3.39.